The SMILES string of the molecule is C1=C2c3cc4ccccc4cc3-c3cccc(c32)CC1. The van der Waals surface area contributed by atoms with Crippen molar-refractivity contribution < 1.29 is 0 Å². The molecule has 20 heavy (non-hydrogen) atoms. The van der Waals surface area contributed by atoms with Gasteiger partial charge in [-0.05, 0) is 69.1 Å². The molecule has 2 aliphatic carbocycles. The molecule has 0 atom stereocenters. The Bertz CT molecular complexity index is 897. The van der Waals surface area contributed by atoms with E-state index < -0.39 is 0 Å². The number of hydrogen-bond acceptors (Lipinski definition) is 0. The number of allylic oxidation sites excluding steroid dienone is 1. The van der Waals surface area contributed by atoms with Gasteiger partial charge < -0.3 is 0 Å². The largest absolute Gasteiger partial charge is 0.0757 e. The Morgan fingerprint density at radius 2 is 1.50 bits per heavy atom. The van der Waals surface area contributed by atoms with Crippen molar-refractivity contribution in [3.63, 3.8) is 0 Å². The lowest BCUT2D eigenvalue weighted by atomic mass is 9.90. The third-order valence-electron chi connectivity index (χ3n) is 4.65. The number of aryl methyl sites for hydroxylation is 1. The fourth-order valence-corrected chi connectivity index (χ4v) is 3.76. The molecule has 0 amide bonds. The van der Waals surface area contributed by atoms with Crippen molar-refractivity contribution >= 4 is 16.3 Å². The first-order chi connectivity index (χ1) is 9.92. The van der Waals surface area contributed by atoms with E-state index in [0.717, 1.165) is 6.42 Å². The van der Waals surface area contributed by atoms with Gasteiger partial charge in [-0.15, -0.1) is 0 Å². The summed E-state index contributed by atoms with van der Waals surface area (Å²) >= 11 is 0. The van der Waals surface area contributed by atoms with Gasteiger partial charge in [-0.3, -0.25) is 0 Å². The second-order valence-corrected chi connectivity index (χ2v) is 5.74. The van der Waals surface area contributed by atoms with Crippen molar-refractivity contribution in [2.24, 2.45) is 0 Å². The third kappa shape index (κ3) is 1.21. The minimum Gasteiger partial charge on any atom is -0.0757 e. The zero-order valence-electron chi connectivity index (χ0n) is 11.2. The molecule has 2 aliphatic rings. The van der Waals surface area contributed by atoms with Crippen LogP contribution in [0, 0.1) is 0 Å². The number of fused-ring (bicyclic) bond motifs is 4. The summed E-state index contributed by atoms with van der Waals surface area (Å²) in [5, 5.41) is 2.68. The van der Waals surface area contributed by atoms with Gasteiger partial charge in [0.2, 0.25) is 0 Å². The van der Waals surface area contributed by atoms with Gasteiger partial charge in [0.05, 0.1) is 0 Å². The maximum Gasteiger partial charge on any atom is -0.00699 e. The minimum atomic E-state index is 1.16. The predicted molar refractivity (Wildman–Crippen MR) is 84.8 cm³/mol. The Morgan fingerprint density at radius 1 is 0.700 bits per heavy atom. The second-order valence-electron chi connectivity index (χ2n) is 5.74. The van der Waals surface area contributed by atoms with E-state index in [1.165, 1.54) is 50.6 Å². The Morgan fingerprint density at radius 3 is 2.35 bits per heavy atom. The molecule has 0 N–H and O–H groups in total. The molecule has 3 aromatic carbocycles. The Balaban J connectivity index is 1.95. The highest BCUT2D eigenvalue weighted by molar-refractivity contribution is 6.06. The first kappa shape index (κ1) is 10.4. The third-order valence-corrected chi connectivity index (χ3v) is 4.65. The summed E-state index contributed by atoms with van der Waals surface area (Å²) in [6, 6.07) is 20.2. The smallest absolute Gasteiger partial charge is 0.00699 e. The van der Waals surface area contributed by atoms with E-state index in [9.17, 15) is 0 Å². The molecule has 0 fully saturated rings. The van der Waals surface area contributed by atoms with E-state index in [1.807, 2.05) is 0 Å². The van der Waals surface area contributed by atoms with Crippen molar-refractivity contribution in [2.75, 3.05) is 0 Å². The van der Waals surface area contributed by atoms with Gasteiger partial charge >= 0.3 is 0 Å². The fraction of sp³-hybridized carbons (Fsp3) is 0.100. The van der Waals surface area contributed by atoms with Crippen LogP contribution in [0.4, 0.5) is 0 Å². The molecular weight excluding hydrogens is 240 g/mol. The number of benzene rings is 3. The van der Waals surface area contributed by atoms with Crippen LogP contribution in [-0.2, 0) is 6.42 Å². The first-order valence-electron chi connectivity index (χ1n) is 7.28. The highest BCUT2D eigenvalue weighted by Gasteiger charge is 2.27. The molecule has 0 aliphatic heterocycles. The van der Waals surface area contributed by atoms with Crippen LogP contribution < -0.4 is 0 Å². The highest BCUT2D eigenvalue weighted by Crippen LogP contribution is 2.48. The molecule has 0 saturated carbocycles. The molecule has 0 bridgehead atoms. The van der Waals surface area contributed by atoms with Crippen LogP contribution in [0.1, 0.15) is 23.1 Å². The monoisotopic (exact) mass is 254 g/mol. The maximum absolute atomic E-state index is 2.42. The molecule has 0 radical (unpaired) electrons. The van der Waals surface area contributed by atoms with Gasteiger partial charge in [-0.1, -0.05) is 48.5 Å². The van der Waals surface area contributed by atoms with Crippen molar-refractivity contribution in [2.45, 2.75) is 12.8 Å². The van der Waals surface area contributed by atoms with Crippen LogP contribution in [0.15, 0.2) is 60.7 Å². The number of rotatable bonds is 0. The normalized spacial score (nSPS) is 14.9. The van der Waals surface area contributed by atoms with Gasteiger partial charge in [0.25, 0.3) is 0 Å². The Labute approximate surface area is 118 Å². The summed E-state index contributed by atoms with van der Waals surface area (Å²) in [4.78, 5) is 0. The van der Waals surface area contributed by atoms with Gasteiger partial charge in [0.1, 0.15) is 0 Å². The van der Waals surface area contributed by atoms with E-state index in [2.05, 4.69) is 60.7 Å². The summed E-state index contributed by atoms with van der Waals surface area (Å²) in [6.07, 6.45) is 4.77. The standard InChI is InChI=1S/C20H14/c1-2-6-15-12-19-17-10-4-8-13-7-3-9-16(20(13)17)18(19)11-14(15)5-1/h1-3,5-7,9-12H,4,8H2. The van der Waals surface area contributed by atoms with Crippen molar-refractivity contribution in [3.8, 4) is 11.1 Å². The fourth-order valence-electron chi connectivity index (χ4n) is 3.76. The molecule has 0 aromatic heterocycles. The highest BCUT2D eigenvalue weighted by atomic mass is 14.3. The minimum absolute atomic E-state index is 1.16. The molecule has 94 valence electrons. The lowest BCUT2D eigenvalue weighted by molar-refractivity contribution is 0.982. The van der Waals surface area contributed by atoms with E-state index in [1.54, 1.807) is 0 Å². The van der Waals surface area contributed by atoms with E-state index in [4.69, 9.17) is 0 Å². The van der Waals surface area contributed by atoms with Gasteiger partial charge in [0, 0.05) is 0 Å². The number of hydrogen-bond donors (Lipinski definition) is 0. The van der Waals surface area contributed by atoms with E-state index in [0.29, 0.717) is 0 Å². The van der Waals surface area contributed by atoms with Crippen LogP contribution in [0.2, 0.25) is 0 Å². The molecule has 0 unspecified atom stereocenters. The van der Waals surface area contributed by atoms with Crippen molar-refractivity contribution in [1.29, 1.82) is 0 Å². The zero-order valence-corrected chi connectivity index (χ0v) is 11.2. The molecule has 5 rings (SSSR count). The molecule has 0 saturated heterocycles. The second kappa shape index (κ2) is 3.61. The van der Waals surface area contributed by atoms with Crippen LogP contribution in [0.5, 0.6) is 0 Å². The summed E-state index contributed by atoms with van der Waals surface area (Å²) in [5.74, 6) is 0. The Kier molecular flexibility index (Phi) is 1.88. The average Bonchev–Trinajstić information content (AvgIpc) is 2.82. The summed E-state index contributed by atoms with van der Waals surface area (Å²) in [6.45, 7) is 0. The first-order valence-corrected chi connectivity index (χ1v) is 7.28. The quantitative estimate of drug-likeness (QED) is 0.404. The summed E-state index contributed by atoms with van der Waals surface area (Å²) in [5.41, 5.74) is 8.72. The molecule has 0 heterocycles. The predicted octanol–water partition coefficient (Wildman–Crippen LogP) is 5.20. The van der Waals surface area contributed by atoms with Crippen molar-refractivity contribution in [1.82, 2.24) is 0 Å². The molecule has 0 heteroatoms. The molecule has 3 aromatic rings. The maximum atomic E-state index is 2.42. The topological polar surface area (TPSA) is 0 Å². The van der Waals surface area contributed by atoms with Crippen LogP contribution in [-0.4, -0.2) is 0 Å². The molecule has 0 nitrogen and oxygen atoms in total. The molecular formula is C20H14. The zero-order chi connectivity index (χ0) is 13.1. The Hall–Kier alpha value is -2.34. The summed E-state index contributed by atoms with van der Waals surface area (Å²) in [7, 11) is 0. The average molecular weight is 254 g/mol. The lowest BCUT2D eigenvalue weighted by Gasteiger charge is -2.14. The van der Waals surface area contributed by atoms with Crippen LogP contribution in [0.25, 0.3) is 27.5 Å². The van der Waals surface area contributed by atoms with Crippen LogP contribution >= 0.6 is 0 Å². The van der Waals surface area contributed by atoms with E-state index >= 15 is 0 Å². The van der Waals surface area contributed by atoms with Crippen molar-refractivity contribution in [3.05, 3.63) is 77.4 Å². The molecule has 0 spiro atoms. The summed E-state index contributed by atoms with van der Waals surface area (Å²) < 4.78 is 0. The van der Waals surface area contributed by atoms with E-state index in [-0.39, 0.29) is 0 Å². The van der Waals surface area contributed by atoms with Gasteiger partial charge in [-0.25, -0.2) is 0 Å². The van der Waals surface area contributed by atoms with Gasteiger partial charge in [0.15, 0.2) is 0 Å². The van der Waals surface area contributed by atoms with Crippen LogP contribution in [0.3, 0.4) is 0 Å². The lowest BCUT2D eigenvalue weighted by Crippen LogP contribution is -1.97. The van der Waals surface area contributed by atoms with Gasteiger partial charge in [-0.2, -0.15) is 0 Å².